The number of carbonyl (C=O) groups excluding carboxylic acids is 1. The number of hydrogen-bond donors (Lipinski definition) is 1. The van der Waals surface area contributed by atoms with Gasteiger partial charge in [-0.2, -0.15) is 0 Å². The van der Waals surface area contributed by atoms with Gasteiger partial charge in [0.25, 0.3) is 0 Å². The average molecular weight is 273 g/mol. The van der Waals surface area contributed by atoms with E-state index in [1.807, 2.05) is 27.7 Å². The number of carbonyl (C=O) groups is 1. The van der Waals surface area contributed by atoms with Crippen molar-refractivity contribution in [1.82, 2.24) is 4.90 Å². The van der Waals surface area contributed by atoms with Crippen molar-refractivity contribution in [2.24, 2.45) is 5.41 Å². The molecule has 0 saturated carbocycles. The van der Waals surface area contributed by atoms with Crippen molar-refractivity contribution >= 4 is 6.09 Å². The molecule has 0 aliphatic carbocycles. The Kier molecular flexibility index (Phi) is 5.21. The molecule has 19 heavy (non-hydrogen) atoms. The highest BCUT2D eigenvalue weighted by molar-refractivity contribution is 5.68. The van der Waals surface area contributed by atoms with Crippen LogP contribution in [0.3, 0.4) is 0 Å². The zero-order chi connectivity index (χ0) is 14.7. The predicted molar refractivity (Wildman–Crippen MR) is 73.0 cm³/mol. The quantitative estimate of drug-likeness (QED) is 0.855. The molecule has 1 fully saturated rings. The second-order valence-corrected chi connectivity index (χ2v) is 6.59. The van der Waals surface area contributed by atoms with Crippen LogP contribution in [-0.4, -0.2) is 54.6 Å². The van der Waals surface area contributed by atoms with E-state index in [1.54, 1.807) is 12.0 Å². The Hall–Kier alpha value is -0.810. The van der Waals surface area contributed by atoms with Crippen molar-refractivity contribution in [2.45, 2.75) is 52.2 Å². The number of likely N-dealkylation sites (tertiary alicyclic amines) is 1. The molecular formula is C14H27NO4. The molecule has 0 aromatic heterocycles. The Balaban J connectivity index is 2.50. The Labute approximate surface area is 115 Å². The highest BCUT2D eigenvalue weighted by Gasteiger charge is 2.38. The van der Waals surface area contributed by atoms with Crippen LogP contribution in [-0.2, 0) is 9.47 Å². The summed E-state index contributed by atoms with van der Waals surface area (Å²) < 4.78 is 10.4. The lowest BCUT2D eigenvalue weighted by Crippen LogP contribution is -2.48. The molecule has 1 heterocycles. The van der Waals surface area contributed by atoms with Gasteiger partial charge < -0.3 is 19.5 Å². The zero-order valence-electron chi connectivity index (χ0n) is 12.7. The van der Waals surface area contributed by atoms with Gasteiger partial charge in [0, 0.05) is 20.2 Å². The normalized spacial score (nSPS) is 21.1. The van der Waals surface area contributed by atoms with E-state index in [-0.39, 0.29) is 11.5 Å². The van der Waals surface area contributed by atoms with Crippen LogP contribution in [0.4, 0.5) is 4.79 Å². The van der Waals surface area contributed by atoms with Crippen LogP contribution in [0.2, 0.25) is 0 Å². The number of aliphatic hydroxyl groups is 1. The summed E-state index contributed by atoms with van der Waals surface area (Å²) in [7, 11) is 1.59. The van der Waals surface area contributed by atoms with Gasteiger partial charge in [0.1, 0.15) is 5.60 Å². The van der Waals surface area contributed by atoms with Crippen molar-refractivity contribution in [3.63, 3.8) is 0 Å². The van der Waals surface area contributed by atoms with Gasteiger partial charge in [0.05, 0.1) is 12.7 Å². The molecule has 0 spiro atoms. The molecule has 1 atom stereocenters. The van der Waals surface area contributed by atoms with Gasteiger partial charge in [-0.3, -0.25) is 0 Å². The zero-order valence-corrected chi connectivity index (χ0v) is 12.7. The van der Waals surface area contributed by atoms with Crippen molar-refractivity contribution in [1.29, 1.82) is 0 Å². The second kappa shape index (κ2) is 6.09. The number of hydrogen-bond acceptors (Lipinski definition) is 4. The van der Waals surface area contributed by atoms with Crippen LogP contribution < -0.4 is 0 Å². The first-order valence-corrected chi connectivity index (χ1v) is 6.83. The van der Waals surface area contributed by atoms with Crippen molar-refractivity contribution in [2.75, 3.05) is 26.8 Å². The first-order valence-electron chi connectivity index (χ1n) is 6.83. The molecule has 5 nitrogen and oxygen atoms in total. The largest absolute Gasteiger partial charge is 0.444 e. The van der Waals surface area contributed by atoms with Gasteiger partial charge in [0.15, 0.2) is 0 Å². The van der Waals surface area contributed by atoms with E-state index in [0.29, 0.717) is 19.7 Å². The summed E-state index contributed by atoms with van der Waals surface area (Å²) in [6.45, 7) is 9.20. The van der Waals surface area contributed by atoms with Crippen molar-refractivity contribution < 1.29 is 19.4 Å². The molecule has 0 aromatic carbocycles. The van der Waals surface area contributed by atoms with E-state index >= 15 is 0 Å². The lowest BCUT2D eigenvalue weighted by Gasteiger charge is -2.42. The molecule has 1 N–H and O–H groups in total. The fourth-order valence-electron chi connectivity index (χ4n) is 2.22. The second-order valence-electron chi connectivity index (χ2n) is 6.59. The molecule has 0 radical (unpaired) electrons. The first kappa shape index (κ1) is 16.2. The molecule has 1 saturated heterocycles. The number of nitrogens with zero attached hydrogens (tertiary/aromatic N) is 1. The molecule has 1 amide bonds. The third-order valence-corrected chi connectivity index (χ3v) is 3.69. The summed E-state index contributed by atoms with van der Waals surface area (Å²) >= 11 is 0. The van der Waals surface area contributed by atoms with E-state index in [2.05, 4.69) is 0 Å². The van der Waals surface area contributed by atoms with Gasteiger partial charge in [0.2, 0.25) is 0 Å². The van der Waals surface area contributed by atoms with Crippen LogP contribution in [0.1, 0.15) is 40.5 Å². The molecule has 1 unspecified atom stereocenters. The van der Waals surface area contributed by atoms with E-state index < -0.39 is 11.7 Å². The Morgan fingerprint density at radius 3 is 2.32 bits per heavy atom. The highest BCUT2D eigenvalue weighted by Crippen LogP contribution is 2.35. The SMILES string of the molecule is COCC(O)C1(C)CCN(C(=O)OC(C)(C)C)CC1. The summed E-state index contributed by atoms with van der Waals surface area (Å²) in [4.78, 5) is 13.7. The van der Waals surface area contributed by atoms with Crippen LogP contribution >= 0.6 is 0 Å². The minimum Gasteiger partial charge on any atom is -0.444 e. The van der Waals surface area contributed by atoms with Crippen LogP contribution in [0.15, 0.2) is 0 Å². The fourth-order valence-corrected chi connectivity index (χ4v) is 2.22. The smallest absolute Gasteiger partial charge is 0.410 e. The van der Waals surface area contributed by atoms with Crippen LogP contribution in [0.25, 0.3) is 0 Å². The molecule has 1 aliphatic heterocycles. The number of ether oxygens (including phenoxy) is 2. The Morgan fingerprint density at radius 1 is 1.37 bits per heavy atom. The van der Waals surface area contributed by atoms with Crippen LogP contribution in [0.5, 0.6) is 0 Å². The van der Waals surface area contributed by atoms with Crippen molar-refractivity contribution in [3.05, 3.63) is 0 Å². The third kappa shape index (κ3) is 4.66. The highest BCUT2D eigenvalue weighted by atomic mass is 16.6. The Bertz CT molecular complexity index is 303. The summed E-state index contributed by atoms with van der Waals surface area (Å²) in [5.74, 6) is 0. The standard InChI is InChI=1S/C14H27NO4/c1-13(2,3)19-12(17)15-8-6-14(4,7-9-15)11(16)10-18-5/h11,16H,6-10H2,1-5H3. The van der Waals surface area contributed by atoms with E-state index in [1.165, 1.54) is 0 Å². The minimum atomic E-state index is -0.488. The summed E-state index contributed by atoms with van der Waals surface area (Å²) in [6.07, 6.45) is 0.766. The molecule has 0 bridgehead atoms. The van der Waals surface area contributed by atoms with Gasteiger partial charge in [-0.05, 0) is 39.0 Å². The van der Waals surface area contributed by atoms with Gasteiger partial charge in [-0.25, -0.2) is 4.79 Å². The molecule has 0 aromatic rings. The van der Waals surface area contributed by atoms with Crippen molar-refractivity contribution in [3.8, 4) is 0 Å². The number of piperidine rings is 1. The van der Waals surface area contributed by atoms with Gasteiger partial charge in [-0.1, -0.05) is 6.92 Å². The summed E-state index contributed by atoms with van der Waals surface area (Å²) in [5, 5.41) is 10.1. The van der Waals surface area contributed by atoms with E-state index in [9.17, 15) is 9.90 Å². The topological polar surface area (TPSA) is 59.0 Å². The molecule has 1 aliphatic rings. The summed E-state index contributed by atoms with van der Waals surface area (Å²) in [5.41, 5.74) is -0.651. The predicted octanol–water partition coefficient (Wildman–Crippen LogP) is 2.03. The maximum absolute atomic E-state index is 11.9. The molecule has 112 valence electrons. The molecule has 1 rings (SSSR count). The fraction of sp³-hybridized carbons (Fsp3) is 0.929. The molecule has 5 heteroatoms. The maximum atomic E-state index is 11.9. The lowest BCUT2D eigenvalue weighted by molar-refractivity contribution is -0.0538. The monoisotopic (exact) mass is 273 g/mol. The molecular weight excluding hydrogens is 246 g/mol. The summed E-state index contributed by atoms with van der Waals surface area (Å²) in [6, 6.07) is 0. The van der Waals surface area contributed by atoms with E-state index in [4.69, 9.17) is 9.47 Å². The first-order chi connectivity index (χ1) is 8.68. The number of amides is 1. The minimum absolute atomic E-state index is 0.186. The van der Waals surface area contributed by atoms with Gasteiger partial charge in [-0.15, -0.1) is 0 Å². The number of methoxy groups -OCH3 is 1. The van der Waals surface area contributed by atoms with Crippen LogP contribution in [0, 0.1) is 5.41 Å². The van der Waals surface area contributed by atoms with Gasteiger partial charge >= 0.3 is 6.09 Å². The lowest BCUT2D eigenvalue weighted by atomic mass is 9.76. The van der Waals surface area contributed by atoms with E-state index in [0.717, 1.165) is 12.8 Å². The number of rotatable bonds is 3. The Morgan fingerprint density at radius 2 is 1.89 bits per heavy atom. The third-order valence-electron chi connectivity index (χ3n) is 3.69. The maximum Gasteiger partial charge on any atom is 0.410 e. The average Bonchev–Trinajstić information content (AvgIpc) is 2.27. The number of aliphatic hydroxyl groups excluding tert-OH is 1.